The smallest absolute Gasteiger partial charge is 0.340 e. The van der Waals surface area contributed by atoms with Gasteiger partial charge in [-0.3, -0.25) is 0 Å². The maximum Gasteiger partial charge on any atom is 0.340 e. The number of hydrogen-bond donors (Lipinski definition) is 1. The lowest BCUT2D eigenvalue weighted by Gasteiger charge is -2.15. The van der Waals surface area contributed by atoms with Gasteiger partial charge in [-0.1, -0.05) is 12.1 Å². The Morgan fingerprint density at radius 2 is 2.15 bits per heavy atom. The van der Waals surface area contributed by atoms with Crippen LogP contribution in [0.5, 0.6) is 11.5 Å². The summed E-state index contributed by atoms with van der Waals surface area (Å²) >= 11 is 5.47. The summed E-state index contributed by atoms with van der Waals surface area (Å²) in [6.07, 6.45) is 0. The highest BCUT2D eigenvalue weighted by molar-refractivity contribution is 6.18. The second kappa shape index (κ2) is 8.21. The Morgan fingerprint density at radius 3 is 2.70 bits per heavy atom. The van der Waals surface area contributed by atoms with Crippen molar-refractivity contribution in [1.82, 2.24) is 10.3 Å². The zero-order chi connectivity index (χ0) is 15.0. The molecule has 1 rings (SSSR count). The first-order valence-corrected chi connectivity index (χ1v) is 6.35. The number of urea groups is 1. The molecule has 2 amide bonds. The van der Waals surface area contributed by atoms with E-state index in [1.54, 1.807) is 18.2 Å². The number of para-hydroxylation sites is 1. The second-order valence-electron chi connectivity index (χ2n) is 3.71. The molecule has 8 heteroatoms. The van der Waals surface area contributed by atoms with Crippen LogP contribution < -0.4 is 14.8 Å². The average molecular weight is 302 g/mol. The Kier molecular flexibility index (Phi) is 6.58. The van der Waals surface area contributed by atoms with Crippen molar-refractivity contribution in [2.24, 2.45) is 5.29 Å². The number of benzene rings is 1. The third-order valence-electron chi connectivity index (χ3n) is 2.54. The van der Waals surface area contributed by atoms with Crippen LogP contribution in [-0.2, 0) is 6.54 Å². The SMILES string of the molecule is COc1cccc(CNC(=O)N(CCCl)N=O)c1OC. The van der Waals surface area contributed by atoms with Gasteiger partial charge in [0.25, 0.3) is 0 Å². The average Bonchev–Trinajstić information content (AvgIpc) is 2.49. The van der Waals surface area contributed by atoms with Crippen molar-refractivity contribution in [1.29, 1.82) is 0 Å². The number of alkyl halides is 1. The van der Waals surface area contributed by atoms with E-state index in [0.29, 0.717) is 11.5 Å². The van der Waals surface area contributed by atoms with Crippen molar-refractivity contribution in [3.05, 3.63) is 28.7 Å². The van der Waals surface area contributed by atoms with Crippen LogP contribution in [-0.4, -0.2) is 37.7 Å². The van der Waals surface area contributed by atoms with E-state index in [4.69, 9.17) is 21.1 Å². The predicted molar refractivity (Wildman–Crippen MR) is 75.0 cm³/mol. The summed E-state index contributed by atoms with van der Waals surface area (Å²) in [5.41, 5.74) is 0.719. The number of amides is 2. The fraction of sp³-hybridized carbons (Fsp3) is 0.417. The molecule has 0 aliphatic carbocycles. The number of nitrogens with one attached hydrogen (secondary N) is 1. The first kappa shape index (κ1) is 16.0. The van der Waals surface area contributed by atoms with Crippen LogP contribution in [0.4, 0.5) is 4.79 Å². The van der Waals surface area contributed by atoms with Crippen LogP contribution in [0.3, 0.4) is 0 Å². The summed E-state index contributed by atoms with van der Waals surface area (Å²) in [6.45, 7) is 0.222. The van der Waals surface area contributed by atoms with E-state index in [0.717, 1.165) is 10.6 Å². The topological polar surface area (TPSA) is 80.2 Å². The first-order valence-electron chi connectivity index (χ1n) is 5.82. The molecular formula is C12H16ClN3O4. The summed E-state index contributed by atoms with van der Waals surface area (Å²) in [6, 6.07) is 4.68. The maximum absolute atomic E-state index is 11.7. The van der Waals surface area contributed by atoms with Gasteiger partial charge in [-0.15, -0.1) is 16.5 Å². The standard InChI is InChI=1S/C12H16ClN3O4/c1-19-10-5-3-4-9(11(10)20-2)8-14-12(17)16(15-18)7-6-13/h3-5H,6-8H2,1-2H3,(H,14,17). The first-order chi connectivity index (χ1) is 9.67. The van der Waals surface area contributed by atoms with E-state index in [1.165, 1.54) is 14.2 Å². The molecule has 0 aliphatic heterocycles. The van der Waals surface area contributed by atoms with Gasteiger partial charge in [-0.2, -0.15) is 5.01 Å². The second-order valence-corrected chi connectivity index (χ2v) is 4.08. The van der Waals surface area contributed by atoms with Crippen molar-refractivity contribution >= 4 is 17.6 Å². The van der Waals surface area contributed by atoms with Crippen molar-refractivity contribution in [2.45, 2.75) is 6.54 Å². The van der Waals surface area contributed by atoms with E-state index in [1.807, 2.05) is 0 Å². The van der Waals surface area contributed by atoms with E-state index in [9.17, 15) is 9.70 Å². The third kappa shape index (κ3) is 3.99. The highest BCUT2D eigenvalue weighted by atomic mass is 35.5. The van der Waals surface area contributed by atoms with Gasteiger partial charge in [-0.05, 0) is 6.07 Å². The van der Waals surface area contributed by atoms with Gasteiger partial charge < -0.3 is 14.8 Å². The zero-order valence-electron chi connectivity index (χ0n) is 11.3. The molecule has 110 valence electrons. The molecule has 1 N–H and O–H groups in total. The lowest BCUT2D eigenvalue weighted by molar-refractivity contribution is 0.201. The minimum Gasteiger partial charge on any atom is -0.493 e. The Labute approximate surface area is 121 Å². The number of hydrogen-bond acceptors (Lipinski definition) is 5. The molecule has 0 aliphatic rings. The van der Waals surface area contributed by atoms with Crippen LogP contribution >= 0.6 is 11.6 Å². The van der Waals surface area contributed by atoms with Crippen LogP contribution in [0.15, 0.2) is 23.5 Å². The zero-order valence-corrected chi connectivity index (χ0v) is 12.0. The van der Waals surface area contributed by atoms with Gasteiger partial charge in [0, 0.05) is 18.0 Å². The van der Waals surface area contributed by atoms with Gasteiger partial charge in [-0.25, -0.2) is 4.79 Å². The van der Waals surface area contributed by atoms with Gasteiger partial charge in [0.15, 0.2) is 11.5 Å². The molecule has 20 heavy (non-hydrogen) atoms. The lowest BCUT2D eigenvalue weighted by atomic mass is 10.2. The highest BCUT2D eigenvalue weighted by Gasteiger charge is 2.15. The molecule has 7 nitrogen and oxygen atoms in total. The molecule has 0 bridgehead atoms. The van der Waals surface area contributed by atoms with Crippen molar-refractivity contribution < 1.29 is 14.3 Å². The lowest BCUT2D eigenvalue weighted by Crippen LogP contribution is -2.37. The molecule has 1 aromatic carbocycles. The molecule has 0 heterocycles. The molecule has 0 saturated carbocycles. The van der Waals surface area contributed by atoms with Crippen LogP contribution in [0.1, 0.15) is 5.56 Å². The summed E-state index contributed by atoms with van der Waals surface area (Å²) in [7, 11) is 3.04. The number of nitrogens with zero attached hydrogens (tertiary/aromatic N) is 2. The minimum atomic E-state index is -0.620. The van der Waals surface area contributed by atoms with Crippen LogP contribution in [0.2, 0.25) is 0 Å². The Balaban J connectivity index is 2.74. The third-order valence-corrected chi connectivity index (χ3v) is 2.71. The number of carbonyl (C=O) groups is 1. The van der Waals surface area contributed by atoms with Crippen molar-refractivity contribution in [2.75, 3.05) is 26.6 Å². The van der Waals surface area contributed by atoms with Crippen molar-refractivity contribution in [3.63, 3.8) is 0 Å². The maximum atomic E-state index is 11.7. The summed E-state index contributed by atoms with van der Waals surface area (Å²) < 4.78 is 10.4. The predicted octanol–water partition coefficient (Wildman–Crippen LogP) is 2.14. The normalized spacial score (nSPS) is 9.75. The van der Waals surface area contributed by atoms with Gasteiger partial charge in [0.1, 0.15) is 0 Å². The molecule has 1 aromatic rings. The number of rotatable bonds is 7. The van der Waals surface area contributed by atoms with Crippen LogP contribution in [0.25, 0.3) is 0 Å². The molecule has 0 aromatic heterocycles. The largest absolute Gasteiger partial charge is 0.493 e. The highest BCUT2D eigenvalue weighted by Crippen LogP contribution is 2.30. The van der Waals surface area contributed by atoms with E-state index in [-0.39, 0.29) is 19.0 Å². The quantitative estimate of drug-likeness (QED) is 0.475. The fourth-order valence-electron chi connectivity index (χ4n) is 1.61. The minimum absolute atomic E-state index is 0.0478. The number of ether oxygens (including phenoxy) is 2. The van der Waals surface area contributed by atoms with Gasteiger partial charge in [0.05, 0.1) is 26.1 Å². The Bertz CT molecular complexity index is 470. The summed E-state index contributed by atoms with van der Waals surface area (Å²) in [5, 5.41) is 5.88. The number of halogens is 1. The summed E-state index contributed by atoms with van der Waals surface area (Å²) in [4.78, 5) is 22.2. The molecule has 0 fully saturated rings. The number of methoxy groups -OCH3 is 2. The van der Waals surface area contributed by atoms with E-state index in [2.05, 4.69) is 10.6 Å². The van der Waals surface area contributed by atoms with Gasteiger partial charge in [0.2, 0.25) is 0 Å². The molecule has 0 spiro atoms. The molecular weight excluding hydrogens is 286 g/mol. The summed E-state index contributed by atoms with van der Waals surface area (Å²) in [5.74, 6) is 1.21. The molecule has 0 radical (unpaired) electrons. The van der Waals surface area contributed by atoms with E-state index < -0.39 is 6.03 Å². The number of carbonyl (C=O) groups excluding carboxylic acids is 1. The van der Waals surface area contributed by atoms with E-state index >= 15 is 0 Å². The molecule has 0 atom stereocenters. The fourth-order valence-corrected chi connectivity index (χ4v) is 1.77. The van der Waals surface area contributed by atoms with Crippen LogP contribution in [0, 0.1) is 4.91 Å². The Morgan fingerprint density at radius 1 is 1.40 bits per heavy atom. The van der Waals surface area contributed by atoms with Gasteiger partial charge >= 0.3 is 6.03 Å². The number of nitroso groups, excluding NO2 is 1. The molecule has 0 unspecified atom stereocenters. The Hall–Kier alpha value is -2.02. The molecule has 0 saturated heterocycles. The monoisotopic (exact) mass is 301 g/mol. The van der Waals surface area contributed by atoms with Crippen molar-refractivity contribution in [3.8, 4) is 11.5 Å².